The van der Waals surface area contributed by atoms with Crippen LogP contribution in [0.1, 0.15) is 76.8 Å². The molecule has 1 unspecified atom stereocenters. The molecule has 0 amide bonds. The Balaban J connectivity index is 1.58. The van der Waals surface area contributed by atoms with Gasteiger partial charge in [0.15, 0.2) is 5.71 Å². The number of fused-ring (bicyclic) bond motifs is 2. The van der Waals surface area contributed by atoms with Crippen molar-refractivity contribution in [2.75, 3.05) is 17.2 Å². The molecule has 2 heterocycles. The first-order valence-electron chi connectivity index (χ1n) is 16.8. The van der Waals surface area contributed by atoms with E-state index >= 15 is 0 Å². The van der Waals surface area contributed by atoms with Gasteiger partial charge in [0.2, 0.25) is 5.69 Å². The molecule has 10 nitrogen and oxygen atoms in total. The highest BCUT2D eigenvalue weighted by Gasteiger charge is 2.45. The Labute approximate surface area is 295 Å². The molecule has 0 radical (unpaired) electrons. The molecule has 12 heteroatoms. The number of rotatable bonds is 15. The van der Waals surface area contributed by atoms with E-state index in [2.05, 4.69) is 34.6 Å². The molecule has 2 aliphatic rings. The zero-order valence-electron chi connectivity index (χ0n) is 28.5. The zero-order chi connectivity index (χ0) is 36.3. The maximum absolute atomic E-state index is 12.0. The van der Waals surface area contributed by atoms with Gasteiger partial charge in [0.1, 0.15) is 16.7 Å². The van der Waals surface area contributed by atoms with E-state index in [1.165, 1.54) is 12.1 Å². The summed E-state index contributed by atoms with van der Waals surface area (Å²) in [7, 11) is -9.00. The van der Waals surface area contributed by atoms with Crippen molar-refractivity contribution in [3.05, 3.63) is 108 Å². The van der Waals surface area contributed by atoms with Gasteiger partial charge < -0.3 is 19.1 Å². The molecule has 50 heavy (non-hydrogen) atoms. The van der Waals surface area contributed by atoms with Crippen molar-refractivity contribution in [2.45, 2.75) is 81.4 Å². The molecule has 0 aromatic heterocycles. The lowest BCUT2D eigenvalue weighted by Crippen LogP contribution is -2.28. The maximum atomic E-state index is 12.0. The van der Waals surface area contributed by atoms with Crippen LogP contribution in [0.3, 0.4) is 0 Å². The average molecular weight is 720 g/mol. The van der Waals surface area contributed by atoms with Gasteiger partial charge in [-0.15, -0.1) is 0 Å². The molecule has 0 fully saturated rings. The SMILES string of the molecule is CC1(C)C(/C=C/C=C2/N(c3ccccc3)c3ccccc3C2(C)CCCCS(=O)(=O)[O-])=[N+](CCCCCC(=O)O)c2ccc(S(=O)(=O)[O-])cc21. The number of anilines is 2. The maximum Gasteiger partial charge on any atom is 0.303 e. The standard InChI is InChI=1S/C38H44N2O8S2/c1-37(2)31-27-29(50(46,47)48)22-23-32(31)39(25-12-5-8-21-36(41)42)34(37)19-14-20-35-38(3,24-11-13-26-49(43,44)45)30-17-9-10-18-33(30)40(35)28-15-6-4-7-16-28/h4,6-7,9-10,14-20,22-23,27H,5,8,11-13,21,24-26H2,1-3H3,(H2-,41,42,43,44,45,46,47,48)/p-1. The fraction of sp³-hybridized carbons (Fsp3) is 0.368. The van der Waals surface area contributed by atoms with Crippen molar-refractivity contribution >= 4 is 49.0 Å². The van der Waals surface area contributed by atoms with Gasteiger partial charge in [0.05, 0.1) is 20.4 Å². The topological polar surface area (TPSA) is 158 Å². The van der Waals surface area contributed by atoms with Crippen molar-refractivity contribution in [1.29, 1.82) is 0 Å². The Morgan fingerprint density at radius 2 is 1.56 bits per heavy atom. The van der Waals surface area contributed by atoms with Gasteiger partial charge in [-0.25, -0.2) is 16.8 Å². The molecule has 0 saturated carbocycles. The Hall–Kier alpha value is -4.10. The highest BCUT2D eigenvalue weighted by Crippen LogP contribution is 2.53. The molecule has 0 aliphatic carbocycles. The number of carboxylic acids is 1. The number of aliphatic carboxylic acids is 1. The average Bonchev–Trinajstić information content (AvgIpc) is 3.42. The van der Waals surface area contributed by atoms with Crippen LogP contribution in [-0.2, 0) is 35.9 Å². The first kappa shape index (κ1) is 37.2. The summed E-state index contributed by atoms with van der Waals surface area (Å²) in [4.78, 5) is 13.0. The molecular formula is C38H43N2O8S2-. The minimum absolute atomic E-state index is 0.0859. The van der Waals surface area contributed by atoms with Crippen LogP contribution in [0.2, 0.25) is 0 Å². The van der Waals surface area contributed by atoms with E-state index in [0.717, 1.165) is 34.0 Å². The molecule has 0 saturated heterocycles. The molecular weight excluding hydrogens is 677 g/mol. The van der Waals surface area contributed by atoms with Gasteiger partial charge in [-0.2, -0.15) is 4.58 Å². The number of para-hydroxylation sites is 2. The van der Waals surface area contributed by atoms with E-state index in [1.54, 1.807) is 6.07 Å². The van der Waals surface area contributed by atoms with Crippen LogP contribution >= 0.6 is 0 Å². The fourth-order valence-corrected chi connectivity index (χ4v) is 8.34. The Morgan fingerprint density at radius 3 is 2.24 bits per heavy atom. The lowest BCUT2D eigenvalue weighted by Gasteiger charge is -2.30. The van der Waals surface area contributed by atoms with Crippen LogP contribution in [0.25, 0.3) is 0 Å². The number of carboxylic acid groups (broad SMARTS) is 1. The third kappa shape index (κ3) is 7.94. The van der Waals surface area contributed by atoms with Crippen LogP contribution in [0.4, 0.5) is 17.1 Å². The smallest absolute Gasteiger partial charge is 0.303 e. The van der Waals surface area contributed by atoms with Crippen molar-refractivity contribution in [2.24, 2.45) is 0 Å². The van der Waals surface area contributed by atoms with Gasteiger partial charge in [0.25, 0.3) is 0 Å². The molecule has 2 aliphatic heterocycles. The third-order valence-electron chi connectivity index (χ3n) is 9.81. The number of hydrogen-bond acceptors (Lipinski definition) is 8. The first-order chi connectivity index (χ1) is 23.5. The predicted molar refractivity (Wildman–Crippen MR) is 191 cm³/mol. The highest BCUT2D eigenvalue weighted by atomic mass is 32.2. The van der Waals surface area contributed by atoms with Crippen LogP contribution in [0.15, 0.2) is 102 Å². The van der Waals surface area contributed by atoms with Gasteiger partial charge in [-0.05, 0) is 88.4 Å². The highest BCUT2D eigenvalue weighted by molar-refractivity contribution is 7.86. The van der Waals surface area contributed by atoms with Crippen LogP contribution in [0.5, 0.6) is 0 Å². The number of hydrogen-bond donors (Lipinski definition) is 1. The predicted octanol–water partition coefficient (Wildman–Crippen LogP) is 6.88. The molecule has 3 aromatic carbocycles. The Morgan fingerprint density at radius 1 is 0.860 bits per heavy atom. The summed E-state index contributed by atoms with van der Waals surface area (Å²) in [6, 6.07) is 22.5. The lowest BCUT2D eigenvalue weighted by molar-refractivity contribution is -0.438. The van der Waals surface area contributed by atoms with E-state index < -0.39 is 42.8 Å². The van der Waals surface area contributed by atoms with E-state index in [1.807, 2.05) is 68.5 Å². The summed E-state index contributed by atoms with van der Waals surface area (Å²) in [5, 5.41) is 9.08. The number of nitrogens with zero attached hydrogens (tertiary/aromatic N) is 2. The number of allylic oxidation sites excluding steroid dienone is 4. The first-order valence-corrected chi connectivity index (χ1v) is 19.8. The summed E-state index contributed by atoms with van der Waals surface area (Å²) in [6.07, 6.45) is 9.45. The second-order valence-corrected chi connectivity index (χ2v) is 16.6. The fourth-order valence-electron chi connectivity index (χ4n) is 7.29. The summed E-state index contributed by atoms with van der Waals surface area (Å²) >= 11 is 0. The minimum atomic E-state index is -4.68. The van der Waals surface area contributed by atoms with Gasteiger partial charge in [0, 0.05) is 58.8 Å². The molecule has 5 rings (SSSR count). The van der Waals surface area contributed by atoms with Crippen LogP contribution in [0, 0.1) is 0 Å². The summed E-state index contributed by atoms with van der Waals surface area (Å²) in [6.45, 7) is 6.68. The minimum Gasteiger partial charge on any atom is -0.748 e. The van der Waals surface area contributed by atoms with Crippen molar-refractivity contribution in [3.8, 4) is 0 Å². The Bertz CT molecular complexity index is 2070. The largest absolute Gasteiger partial charge is 0.748 e. The quantitative estimate of drug-likeness (QED) is 0.100. The van der Waals surface area contributed by atoms with E-state index in [0.29, 0.717) is 44.2 Å². The Kier molecular flexibility index (Phi) is 10.9. The third-order valence-corrected chi connectivity index (χ3v) is 11.4. The summed E-state index contributed by atoms with van der Waals surface area (Å²) < 4.78 is 72.1. The molecule has 266 valence electrons. The van der Waals surface area contributed by atoms with Crippen molar-refractivity contribution in [1.82, 2.24) is 0 Å². The van der Waals surface area contributed by atoms with E-state index in [4.69, 9.17) is 5.11 Å². The molecule has 3 aromatic rings. The van der Waals surface area contributed by atoms with Gasteiger partial charge >= 0.3 is 5.97 Å². The summed E-state index contributed by atoms with van der Waals surface area (Å²) in [5.74, 6) is -1.25. The van der Waals surface area contributed by atoms with Gasteiger partial charge in [-0.3, -0.25) is 4.79 Å². The molecule has 1 atom stereocenters. The second kappa shape index (κ2) is 14.6. The number of unbranched alkanes of at least 4 members (excludes halogenated alkanes) is 3. The van der Waals surface area contributed by atoms with Crippen molar-refractivity contribution < 1.29 is 40.4 Å². The second-order valence-electron chi connectivity index (χ2n) is 13.6. The lowest BCUT2D eigenvalue weighted by atomic mass is 9.77. The number of carbonyl (C=O) groups is 1. The molecule has 0 bridgehead atoms. The van der Waals surface area contributed by atoms with Crippen molar-refractivity contribution in [3.63, 3.8) is 0 Å². The zero-order valence-corrected chi connectivity index (χ0v) is 30.2. The van der Waals surface area contributed by atoms with Gasteiger partial charge in [-0.1, -0.05) is 48.9 Å². The molecule has 0 spiro atoms. The van der Waals surface area contributed by atoms with Crippen LogP contribution in [-0.4, -0.2) is 59.6 Å². The summed E-state index contributed by atoms with van der Waals surface area (Å²) in [5.41, 5.74) is 5.24. The molecule has 1 N–H and O–H groups in total. The van der Waals surface area contributed by atoms with E-state index in [9.17, 15) is 30.7 Å². The van der Waals surface area contributed by atoms with Crippen LogP contribution < -0.4 is 4.90 Å². The monoisotopic (exact) mass is 719 g/mol. The normalized spacial score (nSPS) is 19.4. The number of benzene rings is 3. The van der Waals surface area contributed by atoms with E-state index in [-0.39, 0.29) is 17.7 Å².